The summed E-state index contributed by atoms with van der Waals surface area (Å²) in [4.78, 5) is 5.74. The molecule has 136 valence electrons. The highest BCUT2D eigenvalue weighted by Crippen LogP contribution is 2.35. The third-order valence-electron chi connectivity index (χ3n) is 4.99. The average molecular weight is 391 g/mol. The van der Waals surface area contributed by atoms with Crippen molar-refractivity contribution < 1.29 is 9.84 Å². The van der Waals surface area contributed by atoms with Crippen LogP contribution in [0.15, 0.2) is 36.4 Å². The molecular weight excluding hydrogens is 371 g/mol. The van der Waals surface area contributed by atoms with Gasteiger partial charge in [-0.25, -0.2) is 0 Å². The second kappa shape index (κ2) is 7.12. The third-order valence-corrected chi connectivity index (χ3v) is 5.52. The van der Waals surface area contributed by atoms with Gasteiger partial charge in [0.25, 0.3) is 0 Å². The van der Waals surface area contributed by atoms with Crippen LogP contribution in [0.3, 0.4) is 0 Å². The standard InChI is InChI=1S/C20H20Cl2N2O2/c1-26-20-9-17-15(8-16(20)22)14-5-6-24(10-18(14)23-17)11-19(25)12-3-2-4-13(21)7-12/h2-4,7-9,19,23,25H,5-6,10-11H2,1H3. The Morgan fingerprint density at radius 3 is 2.88 bits per heavy atom. The highest BCUT2D eigenvalue weighted by molar-refractivity contribution is 6.33. The normalized spacial score (nSPS) is 15.8. The number of rotatable bonds is 4. The van der Waals surface area contributed by atoms with Crippen molar-refractivity contribution in [3.05, 3.63) is 63.3 Å². The number of aromatic nitrogens is 1. The zero-order valence-corrected chi connectivity index (χ0v) is 15.9. The zero-order chi connectivity index (χ0) is 18.3. The molecule has 1 aromatic heterocycles. The van der Waals surface area contributed by atoms with Crippen LogP contribution in [0.1, 0.15) is 22.9 Å². The number of aromatic amines is 1. The fourth-order valence-corrected chi connectivity index (χ4v) is 4.12. The number of H-pyrrole nitrogens is 1. The van der Waals surface area contributed by atoms with Gasteiger partial charge in [0.15, 0.2) is 0 Å². The number of β-amino-alcohol motifs (C(OH)–C–C–N with tert-alkyl or cyclic N) is 1. The van der Waals surface area contributed by atoms with Crippen molar-refractivity contribution in [3.63, 3.8) is 0 Å². The van der Waals surface area contributed by atoms with Crippen molar-refractivity contribution in [2.24, 2.45) is 0 Å². The summed E-state index contributed by atoms with van der Waals surface area (Å²) in [6.45, 7) is 2.22. The molecule has 4 nitrogen and oxygen atoms in total. The first-order chi connectivity index (χ1) is 12.5. The number of aliphatic hydroxyl groups excluding tert-OH is 1. The molecule has 0 bridgehead atoms. The van der Waals surface area contributed by atoms with Gasteiger partial charge in [0.1, 0.15) is 5.75 Å². The summed E-state index contributed by atoms with van der Waals surface area (Å²) in [6, 6.07) is 11.3. The first kappa shape index (κ1) is 17.7. The number of benzene rings is 2. The van der Waals surface area contributed by atoms with E-state index in [1.807, 2.05) is 36.4 Å². The molecular formula is C20H20Cl2N2O2. The maximum absolute atomic E-state index is 10.5. The van der Waals surface area contributed by atoms with Gasteiger partial charge in [0.2, 0.25) is 0 Å². The molecule has 26 heavy (non-hydrogen) atoms. The number of methoxy groups -OCH3 is 1. The molecule has 3 aromatic rings. The van der Waals surface area contributed by atoms with E-state index in [1.165, 1.54) is 11.3 Å². The van der Waals surface area contributed by atoms with E-state index in [2.05, 4.69) is 9.88 Å². The summed E-state index contributed by atoms with van der Waals surface area (Å²) < 4.78 is 5.31. The Labute approximate surface area is 162 Å². The van der Waals surface area contributed by atoms with E-state index in [0.717, 1.165) is 36.0 Å². The predicted molar refractivity (Wildman–Crippen MR) is 105 cm³/mol. The molecule has 0 spiro atoms. The summed E-state index contributed by atoms with van der Waals surface area (Å²) in [5.41, 5.74) is 4.36. The molecule has 1 atom stereocenters. The first-order valence-electron chi connectivity index (χ1n) is 8.58. The Kier molecular flexibility index (Phi) is 4.84. The van der Waals surface area contributed by atoms with Crippen LogP contribution in [0, 0.1) is 0 Å². The lowest BCUT2D eigenvalue weighted by Gasteiger charge is -2.29. The second-order valence-electron chi connectivity index (χ2n) is 6.67. The number of nitrogens with one attached hydrogen (secondary N) is 1. The summed E-state index contributed by atoms with van der Waals surface area (Å²) >= 11 is 12.3. The quantitative estimate of drug-likeness (QED) is 0.685. The molecule has 1 aliphatic heterocycles. The van der Waals surface area contributed by atoms with E-state index in [9.17, 15) is 5.11 Å². The summed E-state index contributed by atoms with van der Waals surface area (Å²) in [5.74, 6) is 0.672. The Morgan fingerprint density at radius 1 is 1.27 bits per heavy atom. The molecule has 2 aromatic carbocycles. The van der Waals surface area contributed by atoms with Crippen LogP contribution in [0.5, 0.6) is 5.75 Å². The minimum Gasteiger partial charge on any atom is -0.495 e. The van der Waals surface area contributed by atoms with E-state index in [4.69, 9.17) is 27.9 Å². The van der Waals surface area contributed by atoms with Crippen molar-refractivity contribution in [2.75, 3.05) is 20.2 Å². The highest BCUT2D eigenvalue weighted by atomic mass is 35.5. The molecule has 0 amide bonds. The van der Waals surface area contributed by atoms with E-state index in [0.29, 0.717) is 22.3 Å². The van der Waals surface area contributed by atoms with Crippen molar-refractivity contribution in [1.29, 1.82) is 0 Å². The zero-order valence-electron chi connectivity index (χ0n) is 14.4. The Morgan fingerprint density at radius 2 is 2.12 bits per heavy atom. The fourth-order valence-electron chi connectivity index (χ4n) is 3.68. The molecule has 0 fully saturated rings. The van der Waals surface area contributed by atoms with Crippen LogP contribution < -0.4 is 4.74 Å². The molecule has 2 heterocycles. The summed E-state index contributed by atoms with van der Waals surface area (Å²) in [7, 11) is 1.62. The van der Waals surface area contributed by atoms with Gasteiger partial charge in [-0.05, 0) is 35.7 Å². The van der Waals surface area contributed by atoms with Gasteiger partial charge in [0, 0.05) is 47.3 Å². The van der Waals surface area contributed by atoms with Gasteiger partial charge >= 0.3 is 0 Å². The number of hydrogen-bond acceptors (Lipinski definition) is 3. The van der Waals surface area contributed by atoms with Crippen molar-refractivity contribution in [1.82, 2.24) is 9.88 Å². The van der Waals surface area contributed by atoms with E-state index < -0.39 is 6.10 Å². The first-order valence-corrected chi connectivity index (χ1v) is 9.33. The monoisotopic (exact) mass is 390 g/mol. The lowest BCUT2D eigenvalue weighted by molar-refractivity contribution is 0.105. The Hall–Kier alpha value is -1.72. The van der Waals surface area contributed by atoms with Crippen molar-refractivity contribution in [3.8, 4) is 5.75 Å². The topological polar surface area (TPSA) is 48.5 Å². The number of fused-ring (bicyclic) bond motifs is 3. The molecule has 0 saturated heterocycles. The lowest BCUT2D eigenvalue weighted by Crippen LogP contribution is -2.33. The summed E-state index contributed by atoms with van der Waals surface area (Å²) in [5, 5.41) is 13.0. The second-order valence-corrected chi connectivity index (χ2v) is 7.51. The van der Waals surface area contributed by atoms with Gasteiger partial charge in [-0.15, -0.1) is 0 Å². The smallest absolute Gasteiger partial charge is 0.139 e. The van der Waals surface area contributed by atoms with Gasteiger partial charge < -0.3 is 14.8 Å². The van der Waals surface area contributed by atoms with Gasteiger partial charge in [0.05, 0.1) is 18.2 Å². The number of hydrogen-bond donors (Lipinski definition) is 2. The van der Waals surface area contributed by atoms with Crippen LogP contribution in [-0.4, -0.2) is 35.2 Å². The maximum atomic E-state index is 10.5. The largest absolute Gasteiger partial charge is 0.495 e. The van der Waals surface area contributed by atoms with Crippen LogP contribution in [-0.2, 0) is 13.0 Å². The van der Waals surface area contributed by atoms with E-state index in [-0.39, 0.29) is 0 Å². The highest BCUT2D eigenvalue weighted by Gasteiger charge is 2.23. The van der Waals surface area contributed by atoms with Crippen LogP contribution in [0.2, 0.25) is 10.0 Å². The maximum Gasteiger partial charge on any atom is 0.139 e. The minimum absolute atomic E-state index is 0.561. The summed E-state index contributed by atoms with van der Waals surface area (Å²) in [6.07, 6.45) is 0.356. The van der Waals surface area contributed by atoms with Gasteiger partial charge in [-0.3, -0.25) is 4.90 Å². The number of aliphatic hydroxyl groups is 1. The molecule has 0 radical (unpaired) electrons. The molecule has 1 unspecified atom stereocenters. The van der Waals surface area contributed by atoms with E-state index >= 15 is 0 Å². The molecule has 0 aliphatic carbocycles. The third kappa shape index (κ3) is 3.30. The molecule has 1 aliphatic rings. The fraction of sp³-hybridized carbons (Fsp3) is 0.300. The van der Waals surface area contributed by atoms with Gasteiger partial charge in [-0.1, -0.05) is 35.3 Å². The lowest BCUT2D eigenvalue weighted by atomic mass is 10.0. The number of halogens is 2. The van der Waals surface area contributed by atoms with Gasteiger partial charge in [-0.2, -0.15) is 0 Å². The molecule has 2 N–H and O–H groups in total. The average Bonchev–Trinajstić information content (AvgIpc) is 2.97. The van der Waals surface area contributed by atoms with Crippen molar-refractivity contribution >= 4 is 34.1 Å². The minimum atomic E-state index is -0.561. The number of ether oxygens (including phenoxy) is 1. The Bertz CT molecular complexity index is 954. The van der Waals surface area contributed by atoms with Crippen LogP contribution in [0.4, 0.5) is 0 Å². The molecule has 4 rings (SSSR count). The molecule has 6 heteroatoms. The van der Waals surface area contributed by atoms with Crippen LogP contribution in [0.25, 0.3) is 10.9 Å². The van der Waals surface area contributed by atoms with Crippen LogP contribution >= 0.6 is 23.2 Å². The SMILES string of the molecule is COc1cc2[nH]c3c(c2cc1Cl)CCN(CC(O)c1cccc(Cl)c1)C3. The Balaban J connectivity index is 1.55. The van der Waals surface area contributed by atoms with E-state index in [1.54, 1.807) is 7.11 Å². The predicted octanol–water partition coefficient (Wildman–Crippen LogP) is 4.58. The number of nitrogens with zero attached hydrogens (tertiary/aromatic N) is 1. The van der Waals surface area contributed by atoms with Crippen molar-refractivity contribution in [2.45, 2.75) is 19.1 Å². The molecule has 0 saturated carbocycles.